The number of para-hydroxylation sites is 1. The fourth-order valence-electron chi connectivity index (χ4n) is 4.02. The van der Waals surface area contributed by atoms with Crippen LogP contribution in [0.25, 0.3) is 10.9 Å². The number of aromatic nitrogens is 1. The maximum atomic E-state index is 4.42. The Balaban J connectivity index is 0.00000300. The van der Waals surface area contributed by atoms with Crippen molar-refractivity contribution in [3.8, 4) is 0 Å². The average Bonchev–Trinajstić information content (AvgIpc) is 3.11. The number of hydrogen-bond donors (Lipinski definition) is 3. The molecule has 1 aromatic heterocycles. The second-order valence-corrected chi connectivity index (χ2v) is 8.14. The number of aromatic amines is 1. The Labute approximate surface area is 192 Å². The molecule has 1 aliphatic rings. The number of nitrogens with zero attached hydrogens (tertiary/aromatic N) is 3. The molecule has 2 aromatic rings. The molecule has 0 amide bonds. The molecule has 1 aliphatic heterocycles. The van der Waals surface area contributed by atoms with Crippen LogP contribution in [0.1, 0.15) is 19.4 Å². The van der Waals surface area contributed by atoms with Crippen LogP contribution in [0.15, 0.2) is 35.5 Å². The Bertz CT molecular complexity index is 764. The summed E-state index contributed by atoms with van der Waals surface area (Å²) in [7, 11) is 4.06. The van der Waals surface area contributed by atoms with Gasteiger partial charge in [0.25, 0.3) is 0 Å². The summed E-state index contributed by atoms with van der Waals surface area (Å²) in [5.74, 6) is 1.50. The number of H-pyrrole nitrogens is 1. The summed E-state index contributed by atoms with van der Waals surface area (Å²) >= 11 is 0. The van der Waals surface area contributed by atoms with Gasteiger partial charge >= 0.3 is 0 Å². The van der Waals surface area contributed by atoms with Gasteiger partial charge in [-0.25, -0.2) is 0 Å². The maximum absolute atomic E-state index is 4.42. The molecule has 0 spiro atoms. The number of rotatable bonds is 7. The molecule has 1 atom stereocenters. The highest BCUT2D eigenvalue weighted by atomic mass is 127. The highest BCUT2D eigenvalue weighted by molar-refractivity contribution is 14.0. The molecule has 1 aromatic carbocycles. The van der Waals surface area contributed by atoms with Gasteiger partial charge in [-0.15, -0.1) is 24.0 Å². The summed E-state index contributed by atoms with van der Waals surface area (Å²) in [6.07, 6.45) is 3.08. The van der Waals surface area contributed by atoms with Crippen molar-refractivity contribution in [2.75, 3.05) is 53.4 Å². The molecule has 2 heterocycles. The number of hydrogen-bond acceptors (Lipinski definition) is 3. The quantitative estimate of drug-likeness (QED) is 0.304. The fraction of sp³-hybridized carbons (Fsp3) is 0.591. The van der Waals surface area contributed by atoms with Gasteiger partial charge in [-0.1, -0.05) is 32.0 Å². The van der Waals surface area contributed by atoms with Crippen molar-refractivity contribution in [2.24, 2.45) is 10.9 Å². The Kier molecular flexibility index (Phi) is 9.71. The lowest BCUT2D eigenvalue weighted by Gasteiger charge is -2.40. The summed E-state index contributed by atoms with van der Waals surface area (Å²) in [5.41, 5.74) is 2.54. The zero-order valence-electron chi connectivity index (χ0n) is 18.2. The van der Waals surface area contributed by atoms with E-state index in [1.54, 1.807) is 0 Å². The standard InChI is InChI=1S/C22H36N6.HI/c1-17(2)21(28-13-11-27(4)12-14-28)16-26-22(23-3)24-10-9-18-15-25-20-8-6-5-7-19(18)20;/h5-8,15,17,21,25H,9-14,16H2,1-4H3,(H2,23,24,26);1H. The molecule has 0 aliphatic carbocycles. The molecule has 0 saturated carbocycles. The summed E-state index contributed by atoms with van der Waals surface area (Å²) in [5, 5.41) is 8.33. The highest BCUT2D eigenvalue weighted by Crippen LogP contribution is 2.17. The van der Waals surface area contributed by atoms with Crippen LogP contribution in [0, 0.1) is 5.92 Å². The summed E-state index contributed by atoms with van der Waals surface area (Å²) < 4.78 is 0. The van der Waals surface area contributed by atoms with Crippen LogP contribution >= 0.6 is 24.0 Å². The Morgan fingerprint density at radius 2 is 1.86 bits per heavy atom. The lowest BCUT2D eigenvalue weighted by atomic mass is 10.0. The van der Waals surface area contributed by atoms with Crippen molar-refractivity contribution < 1.29 is 0 Å². The van der Waals surface area contributed by atoms with Gasteiger partial charge in [0, 0.05) is 69.5 Å². The largest absolute Gasteiger partial charge is 0.361 e. The fourth-order valence-corrected chi connectivity index (χ4v) is 4.02. The first-order valence-corrected chi connectivity index (χ1v) is 10.5. The summed E-state index contributed by atoms with van der Waals surface area (Å²) in [4.78, 5) is 12.8. The number of nitrogens with one attached hydrogen (secondary N) is 3. The molecule has 3 N–H and O–H groups in total. The topological polar surface area (TPSA) is 58.7 Å². The molecule has 29 heavy (non-hydrogen) atoms. The van der Waals surface area contributed by atoms with Crippen LogP contribution in [0.2, 0.25) is 0 Å². The van der Waals surface area contributed by atoms with Gasteiger partial charge in [0.1, 0.15) is 0 Å². The van der Waals surface area contributed by atoms with Crippen LogP contribution in [0.4, 0.5) is 0 Å². The second kappa shape index (κ2) is 11.8. The van der Waals surface area contributed by atoms with E-state index in [0.29, 0.717) is 12.0 Å². The van der Waals surface area contributed by atoms with E-state index in [2.05, 4.69) is 81.8 Å². The maximum Gasteiger partial charge on any atom is 0.191 e. The van der Waals surface area contributed by atoms with Crippen LogP contribution < -0.4 is 10.6 Å². The minimum Gasteiger partial charge on any atom is -0.361 e. The number of piperazine rings is 1. The van der Waals surface area contributed by atoms with E-state index in [1.807, 2.05) is 7.05 Å². The SMILES string of the molecule is CN=C(NCCc1c[nH]c2ccccc12)NCC(C(C)C)N1CCN(C)CC1.I. The van der Waals surface area contributed by atoms with Gasteiger partial charge in [0.05, 0.1) is 0 Å². The van der Waals surface area contributed by atoms with Crippen LogP contribution in [-0.4, -0.2) is 80.1 Å². The van der Waals surface area contributed by atoms with Gasteiger partial charge < -0.3 is 20.5 Å². The van der Waals surface area contributed by atoms with Gasteiger partial charge in [0.15, 0.2) is 5.96 Å². The zero-order chi connectivity index (χ0) is 19.9. The first-order chi connectivity index (χ1) is 13.6. The third-order valence-electron chi connectivity index (χ3n) is 5.84. The predicted molar refractivity (Wildman–Crippen MR) is 134 cm³/mol. The van der Waals surface area contributed by atoms with Gasteiger partial charge in [-0.3, -0.25) is 9.89 Å². The van der Waals surface area contributed by atoms with Gasteiger partial charge in [0.2, 0.25) is 0 Å². The summed E-state index contributed by atoms with van der Waals surface area (Å²) in [6.45, 7) is 11.0. The predicted octanol–water partition coefficient (Wildman–Crippen LogP) is 2.77. The van der Waals surface area contributed by atoms with E-state index in [1.165, 1.54) is 16.5 Å². The number of halogens is 1. The Morgan fingerprint density at radius 1 is 1.14 bits per heavy atom. The van der Waals surface area contributed by atoms with E-state index in [-0.39, 0.29) is 24.0 Å². The first-order valence-electron chi connectivity index (χ1n) is 10.5. The molecule has 6 nitrogen and oxygen atoms in total. The molecule has 0 radical (unpaired) electrons. The lowest BCUT2D eigenvalue weighted by molar-refractivity contribution is 0.0900. The smallest absolute Gasteiger partial charge is 0.191 e. The van der Waals surface area contributed by atoms with Crippen molar-refractivity contribution >= 4 is 40.8 Å². The van der Waals surface area contributed by atoms with E-state index < -0.39 is 0 Å². The van der Waals surface area contributed by atoms with Crippen LogP contribution in [-0.2, 0) is 6.42 Å². The molecule has 1 fully saturated rings. The average molecular weight is 512 g/mol. The lowest BCUT2D eigenvalue weighted by Crippen LogP contribution is -2.55. The van der Waals surface area contributed by atoms with Crippen molar-refractivity contribution in [1.29, 1.82) is 0 Å². The molecule has 0 bridgehead atoms. The van der Waals surface area contributed by atoms with E-state index in [4.69, 9.17) is 0 Å². The van der Waals surface area contributed by atoms with Crippen molar-refractivity contribution in [3.05, 3.63) is 36.0 Å². The van der Waals surface area contributed by atoms with E-state index >= 15 is 0 Å². The summed E-state index contributed by atoms with van der Waals surface area (Å²) in [6, 6.07) is 8.99. The Morgan fingerprint density at radius 3 is 2.55 bits per heavy atom. The monoisotopic (exact) mass is 512 g/mol. The number of guanidine groups is 1. The highest BCUT2D eigenvalue weighted by Gasteiger charge is 2.25. The number of benzene rings is 1. The first kappa shape index (κ1) is 24.0. The van der Waals surface area contributed by atoms with E-state index in [0.717, 1.165) is 51.6 Å². The molecule has 1 unspecified atom stereocenters. The number of aliphatic imine (C=N–C) groups is 1. The molecule has 7 heteroatoms. The molecule has 162 valence electrons. The van der Waals surface area contributed by atoms with Gasteiger partial charge in [-0.05, 0) is 31.0 Å². The van der Waals surface area contributed by atoms with Crippen LogP contribution in [0.3, 0.4) is 0 Å². The molecular weight excluding hydrogens is 475 g/mol. The third-order valence-corrected chi connectivity index (χ3v) is 5.84. The third kappa shape index (κ3) is 6.58. The van der Waals surface area contributed by atoms with Crippen molar-refractivity contribution in [3.63, 3.8) is 0 Å². The molecular formula is C22H37IN6. The number of likely N-dealkylation sites (N-methyl/N-ethyl adjacent to an activating group) is 1. The minimum absolute atomic E-state index is 0. The van der Waals surface area contributed by atoms with Crippen molar-refractivity contribution in [1.82, 2.24) is 25.4 Å². The normalized spacial score (nSPS) is 17.3. The zero-order valence-corrected chi connectivity index (χ0v) is 20.6. The van der Waals surface area contributed by atoms with E-state index in [9.17, 15) is 0 Å². The molecule has 1 saturated heterocycles. The van der Waals surface area contributed by atoms with Gasteiger partial charge in [-0.2, -0.15) is 0 Å². The van der Waals surface area contributed by atoms with Crippen LogP contribution in [0.5, 0.6) is 0 Å². The minimum atomic E-state index is 0. The second-order valence-electron chi connectivity index (χ2n) is 8.14. The molecule has 3 rings (SSSR count). The Hall–Kier alpha value is -1.32. The van der Waals surface area contributed by atoms with Crippen molar-refractivity contribution in [2.45, 2.75) is 26.3 Å². The number of fused-ring (bicyclic) bond motifs is 1.